The number of hydrogen-bond donors (Lipinski definition) is 0. The molecule has 0 unspecified atom stereocenters. The highest BCUT2D eigenvalue weighted by Crippen LogP contribution is 2.30. The summed E-state index contributed by atoms with van der Waals surface area (Å²) in [5.41, 5.74) is 1.89. The molecule has 1 fully saturated rings. The maximum atomic E-state index is 12.1. The van der Waals surface area contributed by atoms with E-state index in [1.54, 1.807) is 11.3 Å². The van der Waals surface area contributed by atoms with Crippen LogP contribution in [0.25, 0.3) is 6.08 Å². The smallest absolute Gasteiger partial charge is 0.362 e. The van der Waals surface area contributed by atoms with E-state index in [1.165, 1.54) is 0 Å². The molecule has 0 bridgehead atoms. The molecule has 2 aromatic rings. The van der Waals surface area contributed by atoms with Crippen LogP contribution in [0.5, 0.6) is 0 Å². The molecule has 0 saturated carbocycles. The molecule has 0 N–H and O–H groups in total. The van der Waals surface area contributed by atoms with E-state index in [-0.39, 0.29) is 0 Å². The van der Waals surface area contributed by atoms with Crippen LogP contribution >= 0.6 is 11.3 Å². The van der Waals surface area contributed by atoms with Gasteiger partial charge in [0.05, 0.1) is 10.6 Å². The van der Waals surface area contributed by atoms with Crippen molar-refractivity contribution in [2.75, 3.05) is 29.5 Å². The molecular weight excluding hydrogens is 356 g/mol. The van der Waals surface area contributed by atoms with Crippen molar-refractivity contribution in [2.24, 2.45) is 5.16 Å². The Morgan fingerprint density at radius 2 is 1.88 bits per heavy atom. The van der Waals surface area contributed by atoms with Gasteiger partial charge in [0, 0.05) is 45.8 Å². The lowest BCUT2D eigenvalue weighted by atomic mass is 10.0. The van der Waals surface area contributed by atoms with E-state index in [9.17, 15) is 9.00 Å². The highest BCUT2D eigenvalue weighted by atomic mass is 32.2. The summed E-state index contributed by atoms with van der Waals surface area (Å²) in [6, 6.07) is 13.6. The molecule has 3 heterocycles. The molecule has 7 heteroatoms. The van der Waals surface area contributed by atoms with Gasteiger partial charge < -0.3 is 9.74 Å². The van der Waals surface area contributed by atoms with E-state index < -0.39 is 16.8 Å². The van der Waals surface area contributed by atoms with Crippen LogP contribution in [0.3, 0.4) is 0 Å². The minimum absolute atomic E-state index is 0.429. The number of carbonyl (C=O) groups is 1. The van der Waals surface area contributed by atoms with Crippen LogP contribution in [0.15, 0.2) is 53.2 Å². The van der Waals surface area contributed by atoms with Crippen LogP contribution in [0.4, 0.5) is 5.00 Å². The van der Waals surface area contributed by atoms with Crippen LogP contribution in [-0.2, 0) is 20.4 Å². The Labute approximate surface area is 152 Å². The maximum absolute atomic E-state index is 12.1. The standard InChI is InChI=1S/C18H16N2O3S2/c21-18-15(17(19-23-18)13-4-2-1-3-5-13)12-14-6-7-16(24-14)20-8-10-25(22)11-9-20/h1-7,12H,8-11H2. The van der Waals surface area contributed by atoms with Gasteiger partial charge in [-0.1, -0.05) is 35.5 Å². The third kappa shape index (κ3) is 3.43. The van der Waals surface area contributed by atoms with E-state index >= 15 is 0 Å². The molecule has 2 aliphatic rings. The van der Waals surface area contributed by atoms with Gasteiger partial charge in [0.25, 0.3) is 0 Å². The zero-order valence-corrected chi connectivity index (χ0v) is 15.0. The van der Waals surface area contributed by atoms with E-state index in [0.717, 1.165) is 28.5 Å². The molecule has 0 aliphatic carbocycles. The molecule has 128 valence electrons. The molecule has 4 rings (SSSR count). The summed E-state index contributed by atoms with van der Waals surface area (Å²) in [7, 11) is -0.688. The zero-order chi connectivity index (χ0) is 17.2. The molecule has 1 aromatic heterocycles. The highest BCUT2D eigenvalue weighted by molar-refractivity contribution is 7.85. The fraction of sp³-hybridized carbons (Fsp3) is 0.222. The minimum atomic E-state index is -0.688. The number of anilines is 1. The number of benzene rings is 1. The van der Waals surface area contributed by atoms with E-state index in [2.05, 4.69) is 10.1 Å². The average molecular weight is 372 g/mol. The highest BCUT2D eigenvalue weighted by Gasteiger charge is 2.27. The summed E-state index contributed by atoms with van der Waals surface area (Å²) in [4.78, 5) is 20.2. The van der Waals surface area contributed by atoms with E-state index in [0.29, 0.717) is 22.8 Å². The van der Waals surface area contributed by atoms with Crippen molar-refractivity contribution in [2.45, 2.75) is 0 Å². The Morgan fingerprint density at radius 1 is 1.12 bits per heavy atom. The Hall–Kier alpha value is -2.25. The third-order valence-corrected chi connectivity index (χ3v) is 6.50. The number of nitrogens with zero attached hydrogens (tertiary/aromatic N) is 2. The Balaban J connectivity index is 1.59. The van der Waals surface area contributed by atoms with Crippen LogP contribution in [-0.4, -0.2) is 40.5 Å². The lowest BCUT2D eigenvalue weighted by Crippen LogP contribution is -2.37. The maximum Gasteiger partial charge on any atom is 0.368 e. The van der Waals surface area contributed by atoms with Crippen molar-refractivity contribution in [1.82, 2.24) is 0 Å². The SMILES string of the molecule is O=C1ON=C(c2ccccc2)C1=Cc1ccc(N2CCS(=O)CC2)s1. The predicted octanol–water partition coefficient (Wildman–Crippen LogP) is 2.66. The molecule has 0 spiro atoms. The van der Waals surface area contributed by atoms with Gasteiger partial charge in [0.2, 0.25) is 0 Å². The molecule has 1 aromatic carbocycles. The van der Waals surface area contributed by atoms with E-state index in [1.807, 2.05) is 48.5 Å². The Bertz CT molecular complexity index is 877. The van der Waals surface area contributed by atoms with Gasteiger partial charge in [-0.05, 0) is 18.2 Å². The van der Waals surface area contributed by atoms with Gasteiger partial charge >= 0.3 is 5.97 Å². The summed E-state index contributed by atoms with van der Waals surface area (Å²) in [5, 5.41) is 5.06. The monoisotopic (exact) mass is 372 g/mol. The second kappa shape index (κ2) is 6.93. The molecule has 0 radical (unpaired) electrons. The fourth-order valence-electron chi connectivity index (χ4n) is 2.80. The number of oxime groups is 1. The normalized spacial score (nSPS) is 20.0. The first-order chi connectivity index (χ1) is 12.2. The van der Waals surface area contributed by atoms with Crippen LogP contribution < -0.4 is 4.90 Å². The summed E-state index contributed by atoms with van der Waals surface area (Å²) in [6.07, 6.45) is 1.83. The second-order valence-electron chi connectivity index (χ2n) is 5.75. The summed E-state index contributed by atoms with van der Waals surface area (Å²) in [6.45, 7) is 1.61. The molecule has 1 saturated heterocycles. The van der Waals surface area contributed by atoms with Gasteiger partial charge in [-0.3, -0.25) is 4.21 Å². The Morgan fingerprint density at radius 3 is 2.64 bits per heavy atom. The van der Waals surface area contributed by atoms with Gasteiger partial charge in [0.1, 0.15) is 5.71 Å². The average Bonchev–Trinajstić information content (AvgIpc) is 3.24. The number of thiophene rings is 1. The van der Waals surface area contributed by atoms with Crippen LogP contribution in [0, 0.1) is 0 Å². The largest absolute Gasteiger partial charge is 0.368 e. The van der Waals surface area contributed by atoms with Gasteiger partial charge in [-0.25, -0.2) is 4.79 Å². The molecule has 2 aliphatic heterocycles. The van der Waals surface area contributed by atoms with E-state index in [4.69, 9.17) is 4.84 Å². The summed E-state index contributed by atoms with van der Waals surface area (Å²) >= 11 is 1.61. The van der Waals surface area contributed by atoms with Crippen molar-refractivity contribution >= 4 is 44.9 Å². The fourth-order valence-corrected chi connectivity index (χ4v) is 4.86. The lowest BCUT2D eigenvalue weighted by Gasteiger charge is -2.26. The van der Waals surface area contributed by atoms with Crippen molar-refractivity contribution in [3.63, 3.8) is 0 Å². The first kappa shape index (κ1) is 16.2. The third-order valence-electron chi connectivity index (χ3n) is 4.13. The number of hydrogen-bond acceptors (Lipinski definition) is 6. The minimum Gasteiger partial charge on any atom is -0.362 e. The van der Waals surface area contributed by atoms with Crippen molar-refractivity contribution in [3.05, 3.63) is 58.5 Å². The Kier molecular flexibility index (Phi) is 4.50. The van der Waals surface area contributed by atoms with Gasteiger partial charge in [-0.15, -0.1) is 11.3 Å². The summed E-state index contributed by atoms with van der Waals surface area (Å²) < 4.78 is 11.5. The van der Waals surface area contributed by atoms with Gasteiger partial charge in [0.15, 0.2) is 0 Å². The molecule has 25 heavy (non-hydrogen) atoms. The molecular formula is C18H16N2O3S2. The second-order valence-corrected chi connectivity index (χ2v) is 8.54. The molecule has 5 nitrogen and oxygen atoms in total. The topological polar surface area (TPSA) is 59.0 Å². The summed E-state index contributed by atoms with van der Waals surface area (Å²) in [5.74, 6) is 0.999. The van der Waals surface area contributed by atoms with Crippen molar-refractivity contribution in [3.8, 4) is 0 Å². The molecule has 0 atom stereocenters. The van der Waals surface area contributed by atoms with Crippen LogP contribution in [0.2, 0.25) is 0 Å². The van der Waals surface area contributed by atoms with Crippen LogP contribution in [0.1, 0.15) is 10.4 Å². The zero-order valence-electron chi connectivity index (χ0n) is 13.4. The first-order valence-corrected chi connectivity index (χ1v) is 10.3. The molecule has 0 amide bonds. The van der Waals surface area contributed by atoms with Gasteiger partial charge in [-0.2, -0.15) is 0 Å². The first-order valence-electron chi connectivity index (χ1n) is 7.97. The predicted molar refractivity (Wildman–Crippen MR) is 101 cm³/mol. The van der Waals surface area contributed by atoms with Crippen molar-refractivity contribution < 1.29 is 13.8 Å². The lowest BCUT2D eigenvalue weighted by molar-refractivity contribution is -0.136. The number of rotatable bonds is 3. The quantitative estimate of drug-likeness (QED) is 0.614. The van der Waals surface area contributed by atoms with Crippen molar-refractivity contribution in [1.29, 1.82) is 0 Å². The number of carbonyl (C=O) groups excluding carboxylic acids is 1.